The first-order valence-corrected chi connectivity index (χ1v) is 5.51. The van der Waals surface area contributed by atoms with Crippen LogP contribution in [0.25, 0.3) is 0 Å². The molecule has 2 aliphatic rings. The Bertz CT molecular complexity index is 272. The maximum Gasteiger partial charge on any atom is 0.0606 e. The summed E-state index contributed by atoms with van der Waals surface area (Å²) >= 11 is 0. The smallest absolute Gasteiger partial charge is 0.0606 e. The van der Waals surface area contributed by atoms with Crippen LogP contribution in [0.2, 0.25) is 0 Å². The lowest BCUT2D eigenvalue weighted by Crippen LogP contribution is -2.44. The van der Waals surface area contributed by atoms with Gasteiger partial charge in [-0.05, 0) is 39.2 Å². The van der Waals surface area contributed by atoms with Crippen LogP contribution >= 0.6 is 0 Å². The molecule has 1 N–H and O–H groups in total. The van der Waals surface area contributed by atoms with Gasteiger partial charge in [0.1, 0.15) is 0 Å². The van der Waals surface area contributed by atoms with E-state index in [2.05, 4.69) is 35.9 Å². The highest BCUT2D eigenvalue weighted by atomic mass is 15.2. The highest BCUT2D eigenvalue weighted by Gasteiger charge is 2.48. The van der Waals surface area contributed by atoms with Gasteiger partial charge in [0.15, 0.2) is 0 Å². The second kappa shape index (κ2) is 3.56. The zero-order valence-corrected chi connectivity index (χ0v) is 9.43. The Hall–Kier alpha value is -0.520. The maximum absolute atomic E-state index is 3.49. The molecular weight excluding hydrogens is 172 g/mol. The van der Waals surface area contributed by atoms with Gasteiger partial charge in [0.25, 0.3) is 0 Å². The van der Waals surface area contributed by atoms with Crippen molar-refractivity contribution in [3.8, 4) is 11.8 Å². The fourth-order valence-electron chi connectivity index (χ4n) is 2.95. The quantitative estimate of drug-likeness (QED) is 0.622. The van der Waals surface area contributed by atoms with E-state index in [1.165, 1.54) is 19.6 Å². The van der Waals surface area contributed by atoms with Crippen LogP contribution in [0.4, 0.5) is 0 Å². The number of nitrogens with zero attached hydrogens (tertiary/aromatic N) is 1. The van der Waals surface area contributed by atoms with Crippen molar-refractivity contribution in [3.63, 3.8) is 0 Å². The predicted molar refractivity (Wildman–Crippen MR) is 59.0 cm³/mol. The highest BCUT2D eigenvalue weighted by Crippen LogP contribution is 2.39. The molecule has 0 aromatic heterocycles. The van der Waals surface area contributed by atoms with Gasteiger partial charge in [0.2, 0.25) is 0 Å². The number of nitrogens with one attached hydrogen (secondary N) is 1. The molecule has 2 atom stereocenters. The van der Waals surface area contributed by atoms with Crippen LogP contribution in [-0.2, 0) is 0 Å². The van der Waals surface area contributed by atoms with Crippen molar-refractivity contribution in [2.45, 2.75) is 26.3 Å². The van der Waals surface area contributed by atoms with Crippen LogP contribution in [-0.4, -0.2) is 36.6 Å². The first-order valence-electron chi connectivity index (χ1n) is 5.51. The fourth-order valence-corrected chi connectivity index (χ4v) is 2.95. The van der Waals surface area contributed by atoms with Crippen molar-refractivity contribution in [1.82, 2.24) is 10.2 Å². The lowest BCUT2D eigenvalue weighted by molar-refractivity contribution is 0.158. The Morgan fingerprint density at radius 1 is 1.43 bits per heavy atom. The monoisotopic (exact) mass is 192 g/mol. The Balaban J connectivity index is 2.09. The van der Waals surface area contributed by atoms with E-state index in [0.29, 0.717) is 5.54 Å². The molecule has 2 heterocycles. The second-order valence-corrected chi connectivity index (χ2v) is 4.99. The van der Waals surface area contributed by atoms with Crippen LogP contribution in [0.3, 0.4) is 0 Å². The minimum absolute atomic E-state index is 0.331. The first-order chi connectivity index (χ1) is 6.66. The van der Waals surface area contributed by atoms with Crippen molar-refractivity contribution in [2.24, 2.45) is 11.8 Å². The Labute approximate surface area is 87.1 Å². The van der Waals surface area contributed by atoms with E-state index in [1.807, 2.05) is 6.92 Å². The lowest BCUT2D eigenvalue weighted by atomic mass is 9.85. The summed E-state index contributed by atoms with van der Waals surface area (Å²) < 4.78 is 0. The van der Waals surface area contributed by atoms with Crippen molar-refractivity contribution in [2.75, 3.05) is 26.2 Å². The predicted octanol–water partition coefficient (Wildman–Crippen LogP) is 0.940. The van der Waals surface area contributed by atoms with E-state index < -0.39 is 0 Å². The van der Waals surface area contributed by atoms with Gasteiger partial charge < -0.3 is 5.32 Å². The van der Waals surface area contributed by atoms with Gasteiger partial charge in [0.05, 0.1) is 6.54 Å². The molecule has 0 aliphatic carbocycles. The van der Waals surface area contributed by atoms with E-state index in [1.54, 1.807) is 0 Å². The molecule has 2 saturated heterocycles. The van der Waals surface area contributed by atoms with Crippen LogP contribution in [0.15, 0.2) is 0 Å². The molecule has 0 bridgehead atoms. The van der Waals surface area contributed by atoms with Crippen LogP contribution < -0.4 is 5.32 Å². The fraction of sp³-hybridized carbons (Fsp3) is 0.833. The molecular formula is C12H20N2. The third kappa shape index (κ3) is 1.45. The molecule has 0 saturated carbocycles. The Morgan fingerprint density at radius 2 is 2.21 bits per heavy atom. The number of hydrogen-bond donors (Lipinski definition) is 1. The van der Waals surface area contributed by atoms with Crippen molar-refractivity contribution >= 4 is 0 Å². The molecule has 0 aromatic rings. The molecule has 0 spiro atoms. The summed E-state index contributed by atoms with van der Waals surface area (Å²) in [6.45, 7) is 11.2. The molecule has 78 valence electrons. The summed E-state index contributed by atoms with van der Waals surface area (Å²) in [6, 6.07) is 0. The molecule has 2 rings (SSSR count). The highest BCUT2D eigenvalue weighted by molar-refractivity contribution is 5.08. The molecule has 0 amide bonds. The van der Waals surface area contributed by atoms with Crippen molar-refractivity contribution < 1.29 is 0 Å². The van der Waals surface area contributed by atoms with E-state index in [-0.39, 0.29) is 0 Å². The lowest BCUT2D eigenvalue weighted by Gasteiger charge is -2.34. The third-order valence-corrected chi connectivity index (χ3v) is 3.96. The molecule has 0 aromatic carbocycles. The van der Waals surface area contributed by atoms with Crippen LogP contribution in [0, 0.1) is 23.7 Å². The summed E-state index contributed by atoms with van der Waals surface area (Å²) in [6.07, 6.45) is 0. The van der Waals surface area contributed by atoms with Gasteiger partial charge in [-0.15, -0.1) is 5.92 Å². The summed E-state index contributed by atoms with van der Waals surface area (Å²) in [7, 11) is 0. The molecule has 14 heavy (non-hydrogen) atoms. The van der Waals surface area contributed by atoms with Crippen molar-refractivity contribution in [3.05, 3.63) is 0 Å². The van der Waals surface area contributed by atoms with Gasteiger partial charge in [-0.25, -0.2) is 0 Å². The molecule has 2 unspecified atom stereocenters. The standard InChI is InChI=1S/C12H20N2/c1-4-5-6-14-9-10-7-13-8-11(10)12(14,2)3/h10-11,13H,6-9H2,1-3H3. The van der Waals surface area contributed by atoms with Crippen LogP contribution in [0.1, 0.15) is 20.8 Å². The largest absolute Gasteiger partial charge is 0.316 e. The summed E-state index contributed by atoms with van der Waals surface area (Å²) in [5.41, 5.74) is 0.331. The zero-order chi connectivity index (χ0) is 10.2. The molecule has 2 aliphatic heterocycles. The van der Waals surface area contributed by atoms with Crippen molar-refractivity contribution in [1.29, 1.82) is 0 Å². The average Bonchev–Trinajstić information content (AvgIpc) is 2.66. The van der Waals surface area contributed by atoms with Gasteiger partial charge in [-0.3, -0.25) is 4.90 Å². The number of rotatable bonds is 1. The van der Waals surface area contributed by atoms with E-state index >= 15 is 0 Å². The number of fused-ring (bicyclic) bond motifs is 1. The zero-order valence-electron chi connectivity index (χ0n) is 9.43. The summed E-state index contributed by atoms with van der Waals surface area (Å²) in [5.74, 6) is 7.85. The molecule has 2 fully saturated rings. The van der Waals surface area contributed by atoms with Gasteiger partial charge in [-0.2, -0.15) is 0 Å². The Kier molecular flexibility index (Phi) is 2.55. The van der Waals surface area contributed by atoms with Gasteiger partial charge >= 0.3 is 0 Å². The second-order valence-electron chi connectivity index (χ2n) is 4.99. The average molecular weight is 192 g/mol. The first kappa shape index (κ1) is 10.0. The molecule has 0 radical (unpaired) electrons. The summed E-state index contributed by atoms with van der Waals surface area (Å²) in [4.78, 5) is 2.54. The topological polar surface area (TPSA) is 15.3 Å². The van der Waals surface area contributed by atoms with E-state index in [0.717, 1.165) is 18.4 Å². The third-order valence-electron chi connectivity index (χ3n) is 3.96. The number of hydrogen-bond acceptors (Lipinski definition) is 2. The van der Waals surface area contributed by atoms with Gasteiger partial charge in [0, 0.05) is 18.6 Å². The number of likely N-dealkylation sites (tertiary alicyclic amines) is 1. The molecule has 2 nitrogen and oxygen atoms in total. The van der Waals surface area contributed by atoms with E-state index in [4.69, 9.17) is 0 Å². The SMILES string of the molecule is CC#CCN1CC2CNCC2C1(C)C. The summed E-state index contributed by atoms with van der Waals surface area (Å²) in [5, 5.41) is 3.49. The van der Waals surface area contributed by atoms with Gasteiger partial charge in [-0.1, -0.05) is 5.92 Å². The van der Waals surface area contributed by atoms with E-state index in [9.17, 15) is 0 Å². The maximum atomic E-state index is 3.49. The minimum atomic E-state index is 0.331. The Morgan fingerprint density at radius 3 is 2.86 bits per heavy atom. The normalized spacial score (nSPS) is 35.1. The molecule has 2 heteroatoms. The minimum Gasteiger partial charge on any atom is -0.316 e. The van der Waals surface area contributed by atoms with Crippen LogP contribution in [0.5, 0.6) is 0 Å².